The molecule has 104 valence electrons. The third-order valence-corrected chi connectivity index (χ3v) is 4.13. The minimum Gasteiger partial charge on any atom is -0.469 e. The number of esters is 1. The Morgan fingerprint density at radius 2 is 1.90 bits per heavy atom. The van der Waals surface area contributed by atoms with Gasteiger partial charge in [-0.3, -0.25) is 7.91 Å². The van der Waals surface area contributed by atoms with Gasteiger partial charge in [-0.2, -0.15) is 0 Å². The largest absolute Gasteiger partial charge is 0.469 e. The first-order chi connectivity index (χ1) is 9.60. The van der Waals surface area contributed by atoms with E-state index in [-0.39, 0.29) is 12.4 Å². The lowest BCUT2D eigenvalue weighted by atomic mass is 10.1. The lowest BCUT2D eigenvalue weighted by molar-refractivity contribution is -0.139. The van der Waals surface area contributed by atoms with Gasteiger partial charge in [0.1, 0.15) is 0 Å². The summed E-state index contributed by atoms with van der Waals surface area (Å²) in [6.45, 7) is 0. The van der Waals surface area contributed by atoms with Gasteiger partial charge in [0.15, 0.2) is 0 Å². The third kappa shape index (κ3) is 3.86. The molecule has 2 rings (SSSR count). The van der Waals surface area contributed by atoms with Gasteiger partial charge in [0, 0.05) is 5.02 Å². The summed E-state index contributed by atoms with van der Waals surface area (Å²) in [5.41, 5.74) is 2.93. The predicted octanol–water partition coefficient (Wildman–Crippen LogP) is 4.54. The minimum absolute atomic E-state index is 0.242. The van der Waals surface area contributed by atoms with Gasteiger partial charge >= 0.3 is 5.97 Å². The van der Waals surface area contributed by atoms with Crippen molar-refractivity contribution in [1.29, 1.82) is 0 Å². The molecule has 0 aliphatic carbocycles. The summed E-state index contributed by atoms with van der Waals surface area (Å²) in [6, 6.07) is 15.4. The summed E-state index contributed by atoms with van der Waals surface area (Å²) in [4.78, 5) is 11.3. The highest BCUT2D eigenvalue weighted by atomic mass is 127. The van der Waals surface area contributed by atoms with E-state index < -0.39 is 0 Å². The topological polar surface area (TPSA) is 29.5 Å². The first-order valence-electron chi connectivity index (χ1n) is 5.97. The van der Waals surface area contributed by atoms with E-state index in [1.807, 2.05) is 51.6 Å². The van der Waals surface area contributed by atoms with Crippen molar-refractivity contribution < 1.29 is 9.53 Å². The number of methoxy groups -OCH3 is 1. The smallest absolute Gasteiger partial charge is 0.309 e. The molecule has 0 aliphatic rings. The minimum atomic E-state index is -0.242. The maximum atomic E-state index is 11.3. The molecule has 0 heterocycles. The zero-order valence-electron chi connectivity index (χ0n) is 10.8. The van der Waals surface area contributed by atoms with E-state index in [1.54, 1.807) is 0 Å². The molecule has 0 amide bonds. The van der Waals surface area contributed by atoms with Gasteiger partial charge in [0.2, 0.25) is 0 Å². The van der Waals surface area contributed by atoms with Crippen LogP contribution in [-0.4, -0.2) is 13.1 Å². The molecular formula is C15H13ClINO2. The van der Waals surface area contributed by atoms with E-state index in [0.717, 1.165) is 16.9 Å². The number of carbonyl (C=O) groups is 1. The lowest BCUT2D eigenvalue weighted by Gasteiger charge is -2.17. The highest BCUT2D eigenvalue weighted by Gasteiger charge is 2.08. The molecule has 5 heteroatoms. The predicted molar refractivity (Wildman–Crippen MR) is 89.8 cm³/mol. The highest BCUT2D eigenvalue weighted by Crippen LogP contribution is 2.30. The maximum absolute atomic E-state index is 11.3. The first-order valence-corrected chi connectivity index (χ1v) is 7.31. The molecule has 0 atom stereocenters. The van der Waals surface area contributed by atoms with Gasteiger partial charge in [0.25, 0.3) is 0 Å². The standard InChI is InChI=1S/C15H13ClINO2/c1-20-15(19)10-11-3-2-4-14(9-11)18(17)13-7-5-12(16)6-8-13/h2-9H,10H2,1H3. The summed E-state index contributed by atoms with van der Waals surface area (Å²) in [5, 5.41) is 0.706. The number of rotatable bonds is 4. The van der Waals surface area contributed by atoms with Crippen LogP contribution < -0.4 is 3.11 Å². The van der Waals surface area contributed by atoms with Crippen molar-refractivity contribution in [2.45, 2.75) is 6.42 Å². The van der Waals surface area contributed by atoms with E-state index in [0.29, 0.717) is 5.02 Å². The van der Waals surface area contributed by atoms with E-state index in [2.05, 4.69) is 27.6 Å². The SMILES string of the molecule is COC(=O)Cc1cccc(N(I)c2ccc(Cl)cc2)c1. The number of hydrogen-bond acceptors (Lipinski definition) is 3. The molecule has 2 aromatic rings. The zero-order valence-corrected chi connectivity index (χ0v) is 13.8. The van der Waals surface area contributed by atoms with E-state index >= 15 is 0 Å². The quantitative estimate of drug-likeness (QED) is 0.428. The average Bonchev–Trinajstić information content (AvgIpc) is 2.47. The Labute approximate surface area is 137 Å². The fourth-order valence-corrected chi connectivity index (χ4v) is 2.50. The van der Waals surface area contributed by atoms with Crippen LogP contribution >= 0.6 is 34.5 Å². The number of nitrogens with zero attached hydrogens (tertiary/aromatic N) is 1. The molecular weight excluding hydrogens is 389 g/mol. The summed E-state index contributed by atoms with van der Waals surface area (Å²) in [7, 11) is 1.39. The second kappa shape index (κ2) is 6.95. The van der Waals surface area contributed by atoms with Crippen LogP contribution in [0.25, 0.3) is 0 Å². The summed E-state index contributed by atoms with van der Waals surface area (Å²) < 4.78 is 6.69. The number of benzene rings is 2. The Balaban J connectivity index is 2.21. The molecule has 3 nitrogen and oxygen atoms in total. The normalized spacial score (nSPS) is 10.2. The van der Waals surface area contributed by atoms with Crippen LogP contribution in [0, 0.1) is 0 Å². The summed E-state index contributed by atoms with van der Waals surface area (Å²) >= 11 is 8.11. The van der Waals surface area contributed by atoms with Gasteiger partial charge in [-0.25, -0.2) is 0 Å². The molecule has 0 N–H and O–H groups in total. The van der Waals surface area contributed by atoms with Crippen LogP contribution in [0.15, 0.2) is 48.5 Å². The molecule has 0 saturated carbocycles. The molecule has 0 aliphatic heterocycles. The third-order valence-electron chi connectivity index (χ3n) is 2.77. The molecule has 0 saturated heterocycles. The molecule has 0 unspecified atom stereocenters. The molecule has 0 radical (unpaired) electrons. The van der Waals surface area contributed by atoms with Crippen LogP contribution in [0.4, 0.5) is 11.4 Å². The fraction of sp³-hybridized carbons (Fsp3) is 0.133. The Morgan fingerprint density at radius 3 is 2.55 bits per heavy atom. The van der Waals surface area contributed by atoms with E-state index in [9.17, 15) is 4.79 Å². The van der Waals surface area contributed by atoms with Crippen LogP contribution in [0.2, 0.25) is 5.02 Å². The first kappa shape index (κ1) is 15.1. The van der Waals surface area contributed by atoms with Crippen molar-refractivity contribution in [3.05, 3.63) is 59.1 Å². The molecule has 0 bridgehead atoms. The van der Waals surface area contributed by atoms with Crippen LogP contribution in [-0.2, 0) is 16.0 Å². The Morgan fingerprint density at radius 1 is 1.20 bits per heavy atom. The van der Waals surface area contributed by atoms with E-state index in [1.165, 1.54) is 7.11 Å². The summed E-state index contributed by atoms with van der Waals surface area (Å²) in [5.74, 6) is -0.242. The van der Waals surface area contributed by atoms with Gasteiger partial charge < -0.3 is 4.74 Å². The lowest BCUT2D eigenvalue weighted by Crippen LogP contribution is -2.06. The van der Waals surface area contributed by atoms with Gasteiger partial charge in [-0.05, 0) is 42.0 Å². The average molecular weight is 402 g/mol. The van der Waals surface area contributed by atoms with Crippen LogP contribution in [0.5, 0.6) is 0 Å². The van der Waals surface area contributed by atoms with Crippen LogP contribution in [0.1, 0.15) is 5.56 Å². The van der Waals surface area contributed by atoms with Gasteiger partial charge in [-0.15, -0.1) is 0 Å². The van der Waals surface area contributed by atoms with Crippen molar-refractivity contribution in [2.24, 2.45) is 0 Å². The number of ether oxygens (including phenoxy) is 1. The second-order valence-electron chi connectivity index (χ2n) is 4.18. The second-order valence-corrected chi connectivity index (χ2v) is 5.58. The number of halogens is 2. The van der Waals surface area contributed by atoms with Crippen molar-refractivity contribution in [3.63, 3.8) is 0 Å². The number of anilines is 2. The van der Waals surface area contributed by atoms with Gasteiger partial charge in [-0.1, -0.05) is 23.7 Å². The zero-order chi connectivity index (χ0) is 14.5. The Kier molecular flexibility index (Phi) is 5.25. The van der Waals surface area contributed by atoms with Crippen molar-refractivity contribution in [3.8, 4) is 0 Å². The maximum Gasteiger partial charge on any atom is 0.309 e. The monoisotopic (exact) mass is 401 g/mol. The number of hydrogen-bond donors (Lipinski definition) is 0. The van der Waals surface area contributed by atoms with Gasteiger partial charge in [0.05, 0.1) is 47.8 Å². The Bertz CT molecular complexity index is 601. The van der Waals surface area contributed by atoms with Crippen molar-refractivity contribution in [2.75, 3.05) is 10.2 Å². The molecule has 0 aromatic heterocycles. The number of carbonyl (C=O) groups excluding carboxylic acids is 1. The fourth-order valence-electron chi connectivity index (χ4n) is 1.75. The summed E-state index contributed by atoms with van der Waals surface area (Å²) in [6.07, 6.45) is 0.273. The van der Waals surface area contributed by atoms with Crippen molar-refractivity contribution >= 4 is 51.8 Å². The molecule has 0 fully saturated rings. The van der Waals surface area contributed by atoms with Crippen molar-refractivity contribution in [1.82, 2.24) is 0 Å². The molecule has 0 spiro atoms. The van der Waals surface area contributed by atoms with E-state index in [4.69, 9.17) is 11.6 Å². The highest BCUT2D eigenvalue weighted by molar-refractivity contribution is 14.1. The Hall–Kier alpha value is -1.27. The van der Waals surface area contributed by atoms with Crippen LogP contribution in [0.3, 0.4) is 0 Å². The molecule has 2 aromatic carbocycles. The molecule has 20 heavy (non-hydrogen) atoms.